The minimum Gasteiger partial charge on any atom is -0.316 e. The average Bonchev–Trinajstić information content (AvgIpc) is 2.97. The van der Waals surface area contributed by atoms with Crippen LogP contribution in [-0.4, -0.2) is 22.9 Å². The fraction of sp³-hybridized carbons (Fsp3) is 0.786. The van der Waals surface area contributed by atoms with E-state index in [2.05, 4.69) is 47.4 Å². The molecule has 0 aliphatic heterocycles. The molecule has 0 amide bonds. The van der Waals surface area contributed by atoms with E-state index in [9.17, 15) is 0 Å². The van der Waals surface area contributed by atoms with Crippen LogP contribution < -0.4 is 5.32 Å². The normalized spacial score (nSPS) is 18.4. The highest BCUT2D eigenvalue weighted by Gasteiger charge is 2.26. The highest BCUT2D eigenvalue weighted by molar-refractivity contribution is 9.10. The number of rotatable bonds is 5. The lowest BCUT2D eigenvalue weighted by Crippen LogP contribution is -2.35. The Bertz CT molecular complexity index is 394. The van der Waals surface area contributed by atoms with Crippen molar-refractivity contribution in [3.63, 3.8) is 0 Å². The first kappa shape index (κ1) is 14.1. The molecule has 1 fully saturated rings. The van der Waals surface area contributed by atoms with Gasteiger partial charge in [0.2, 0.25) is 0 Å². The molecule has 1 aromatic rings. The number of nitrogens with one attached hydrogen (secondary N) is 1. The molecule has 0 saturated heterocycles. The topological polar surface area (TPSA) is 29.9 Å². The summed E-state index contributed by atoms with van der Waals surface area (Å²) in [5.41, 5.74) is 2.51. The Kier molecular flexibility index (Phi) is 4.84. The molecule has 1 saturated carbocycles. The summed E-state index contributed by atoms with van der Waals surface area (Å²) in [6.07, 6.45) is 7.61. The molecular formula is C14H24BrN3. The van der Waals surface area contributed by atoms with Gasteiger partial charge in [-0.1, -0.05) is 19.8 Å². The average molecular weight is 314 g/mol. The lowest BCUT2D eigenvalue weighted by atomic mass is 9.94. The number of aryl methyl sites for hydroxylation is 2. The standard InChI is InChI=1S/C14H24BrN3/c1-4-11-14(15)13(18(3)17-11)9-12(16-2)10-7-5-6-8-10/h10,12,16H,4-9H2,1-3H3. The molecule has 1 atom stereocenters. The third-order valence-corrected chi connectivity index (χ3v) is 5.17. The van der Waals surface area contributed by atoms with Crippen molar-refractivity contribution in [2.24, 2.45) is 13.0 Å². The summed E-state index contributed by atoms with van der Waals surface area (Å²) < 4.78 is 3.26. The fourth-order valence-electron chi connectivity index (χ4n) is 3.11. The van der Waals surface area contributed by atoms with Crippen molar-refractivity contribution in [1.82, 2.24) is 15.1 Å². The minimum absolute atomic E-state index is 0.587. The van der Waals surface area contributed by atoms with E-state index in [4.69, 9.17) is 0 Å². The number of likely N-dealkylation sites (N-methyl/N-ethyl adjacent to an activating group) is 1. The van der Waals surface area contributed by atoms with Crippen molar-refractivity contribution >= 4 is 15.9 Å². The van der Waals surface area contributed by atoms with E-state index in [1.165, 1.54) is 41.5 Å². The molecular weight excluding hydrogens is 290 g/mol. The quantitative estimate of drug-likeness (QED) is 0.905. The summed E-state index contributed by atoms with van der Waals surface area (Å²) >= 11 is 3.72. The van der Waals surface area contributed by atoms with E-state index in [1.807, 2.05) is 4.68 Å². The Morgan fingerprint density at radius 2 is 2.11 bits per heavy atom. The maximum atomic E-state index is 4.58. The van der Waals surface area contributed by atoms with Crippen LogP contribution in [0.3, 0.4) is 0 Å². The molecule has 102 valence electrons. The molecule has 18 heavy (non-hydrogen) atoms. The van der Waals surface area contributed by atoms with E-state index < -0.39 is 0 Å². The van der Waals surface area contributed by atoms with Gasteiger partial charge in [-0.15, -0.1) is 0 Å². The summed E-state index contributed by atoms with van der Waals surface area (Å²) in [6, 6.07) is 0.587. The highest BCUT2D eigenvalue weighted by atomic mass is 79.9. The molecule has 1 aliphatic rings. The summed E-state index contributed by atoms with van der Waals surface area (Å²) in [4.78, 5) is 0. The van der Waals surface area contributed by atoms with E-state index >= 15 is 0 Å². The van der Waals surface area contributed by atoms with Gasteiger partial charge in [-0.2, -0.15) is 5.10 Å². The fourth-order valence-corrected chi connectivity index (χ4v) is 3.89. The first-order chi connectivity index (χ1) is 8.67. The second-order valence-electron chi connectivity index (χ2n) is 5.33. The molecule has 1 aliphatic carbocycles. The van der Waals surface area contributed by atoms with Gasteiger partial charge in [-0.25, -0.2) is 0 Å². The number of hydrogen-bond acceptors (Lipinski definition) is 2. The molecule has 0 radical (unpaired) electrons. The molecule has 3 nitrogen and oxygen atoms in total. The zero-order chi connectivity index (χ0) is 13.1. The van der Waals surface area contributed by atoms with Gasteiger partial charge < -0.3 is 5.32 Å². The Balaban J connectivity index is 2.13. The van der Waals surface area contributed by atoms with Gasteiger partial charge in [0.25, 0.3) is 0 Å². The summed E-state index contributed by atoms with van der Waals surface area (Å²) in [5, 5.41) is 8.10. The van der Waals surface area contributed by atoms with Crippen LogP contribution in [0.15, 0.2) is 4.47 Å². The van der Waals surface area contributed by atoms with Crippen molar-refractivity contribution in [1.29, 1.82) is 0 Å². The van der Waals surface area contributed by atoms with Crippen LogP contribution >= 0.6 is 15.9 Å². The van der Waals surface area contributed by atoms with Crippen LogP contribution in [0, 0.1) is 5.92 Å². The number of halogens is 1. The van der Waals surface area contributed by atoms with E-state index in [1.54, 1.807) is 0 Å². The molecule has 1 aromatic heterocycles. The van der Waals surface area contributed by atoms with E-state index in [0.717, 1.165) is 18.8 Å². The predicted molar refractivity (Wildman–Crippen MR) is 78.8 cm³/mol. The third-order valence-electron chi connectivity index (χ3n) is 4.26. The Labute approximate surface area is 118 Å². The minimum atomic E-state index is 0.587. The van der Waals surface area contributed by atoms with Crippen molar-refractivity contribution in [3.05, 3.63) is 15.9 Å². The lowest BCUT2D eigenvalue weighted by molar-refractivity contribution is 0.370. The monoisotopic (exact) mass is 313 g/mol. The van der Waals surface area contributed by atoms with Gasteiger partial charge >= 0.3 is 0 Å². The van der Waals surface area contributed by atoms with Gasteiger partial charge in [0.1, 0.15) is 0 Å². The van der Waals surface area contributed by atoms with Crippen molar-refractivity contribution in [2.45, 2.75) is 51.5 Å². The van der Waals surface area contributed by atoms with Crippen LogP contribution in [0.4, 0.5) is 0 Å². The van der Waals surface area contributed by atoms with Crippen molar-refractivity contribution in [3.8, 4) is 0 Å². The SMILES string of the molecule is CCc1nn(C)c(CC(NC)C2CCCC2)c1Br. The first-order valence-corrected chi connectivity index (χ1v) is 7.84. The Hall–Kier alpha value is -0.350. The largest absolute Gasteiger partial charge is 0.316 e. The van der Waals surface area contributed by atoms with Gasteiger partial charge in [0.05, 0.1) is 15.9 Å². The van der Waals surface area contributed by atoms with Gasteiger partial charge in [-0.3, -0.25) is 4.68 Å². The van der Waals surface area contributed by atoms with Gasteiger partial charge in [0.15, 0.2) is 0 Å². The second-order valence-corrected chi connectivity index (χ2v) is 6.12. The van der Waals surface area contributed by atoms with Gasteiger partial charge in [0, 0.05) is 19.5 Å². The Morgan fingerprint density at radius 3 is 2.61 bits per heavy atom. The van der Waals surface area contributed by atoms with Crippen LogP contribution in [0.25, 0.3) is 0 Å². The van der Waals surface area contributed by atoms with Crippen LogP contribution in [-0.2, 0) is 19.9 Å². The first-order valence-electron chi connectivity index (χ1n) is 7.04. The van der Waals surface area contributed by atoms with E-state index in [0.29, 0.717) is 6.04 Å². The lowest BCUT2D eigenvalue weighted by Gasteiger charge is -2.23. The maximum absolute atomic E-state index is 4.58. The molecule has 4 heteroatoms. The molecule has 0 bridgehead atoms. The second kappa shape index (κ2) is 6.20. The zero-order valence-electron chi connectivity index (χ0n) is 11.7. The summed E-state index contributed by atoms with van der Waals surface area (Å²) in [5.74, 6) is 0.835. The highest BCUT2D eigenvalue weighted by Crippen LogP contribution is 2.31. The van der Waals surface area contributed by atoms with Crippen molar-refractivity contribution < 1.29 is 0 Å². The molecule has 0 spiro atoms. The van der Waals surface area contributed by atoms with Crippen LogP contribution in [0.1, 0.15) is 44.0 Å². The van der Waals surface area contributed by atoms with Gasteiger partial charge in [-0.05, 0) is 48.2 Å². The van der Waals surface area contributed by atoms with Crippen molar-refractivity contribution in [2.75, 3.05) is 7.05 Å². The number of hydrogen-bond donors (Lipinski definition) is 1. The number of aromatic nitrogens is 2. The molecule has 1 N–H and O–H groups in total. The third kappa shape index (κ3) is 2.80. The van der Waals surface area contributed by atoms with E-state index in [-0.39, 0.29) is 0 Å². The van der Waals surface area contributed by atoms with Crippen LogP contribution in [0.5, 0.6) is 0 Å². The predicted octanol–water partition coefficient (Wildman–Crippen LogP) is 3.07. The molecule has 1 unspecified atom stereocenters. The Morgan fingerprint density at radius 1 is 1.44 bits per heavy atom. The van der Waals surface area contributed by atoms with Crippen LogP contribution in [0.2, 0.25) is 0 Å². The molecule has 1 heterocycles. The molecule has 0 aromatic carbocycles. The number of nitrogens with zero attached hydrogens (tertiary/aromatic N) is 2. The summed E-state index contributed by atoms with van der Waals surface area (Å²) in [6.45, 7) is 2.16. The summed E-state index contributed by atoms with van der Waals surface area (Å²) in [7, 11) is 4.15. The molecule has 2 rings (SSSR count). The zero-order valence-corrected chi connectivity index (χ0v) is 13.3. The maximum Gasteiger partial charge on any atom is 0.0766 e. The smallest absolute Gasteiger partial charge is 0.0766 e.